The van der Waals surface area contributed by atoms with Gasteiger partial charge in [0.2, 0.25) is 5.91 Å². The van der Waals surface area contributed by atoms with Gasteiger partial charge in [-0.25, -0.2) is 0 Å². The standard InChI is InChI=1S/C13H26N2OS/c1-10-5-7-14-12(9-10)13(16)15(3)11(2)6-8-17-4/h10-12,14H,5-9H2,1-4H3. The maximum atomic E-state index is 12.3. The number of carbonyl (C=O) groups excluding carboxylic acids is 1. The molecule has 1 aliphatic rings. The average molecular weight is 258 g/mol. The average Bonchev–Trinajstić information content (AvgIpc) is 2.34. The predicted molar refractivity (Wildman–Crippen MR) is 75.4 cm³/mol. The number of likely N-dealkylation sites (N-methyl/N-ethyl adjacent to an activating group) is 1. The molecule has 1 aliphatic heterocycles. The van der Waals surface area contributed by atoms with Crippen LogP contribution in [0.25, 0.3) is 0 Å². The Labute approximate surface area is 110 Å². The molecule has 3 nitrogen and oxygen atoms in total. The van der Waals surface area contributed by atoms with Gasteiger partial charge in [-0.15, -0.1) is 0 Å². The Morgan fingerprint density at radius 2 is 2.29 bits per heavy atom. The van der Waals surface area contributed by atoms with Crippen molar-refractivity contribution in [2.24, 2.45) is 5.92 Å². The normalized spacial score (nSPS) is 26.6. The first-order valence-electron chi connectivity index (χ1n) is 6.55. The third-order valence-electron chi connectivity index (χ3n) is 3.71. The Kier molecular flexibility index (Phi) is 6.34. The van der Waals surface area contributed by atoms with Crippen LogP contribution in [0, 0.1) is 5.92 Å². The molecule has 1 N–H and O–H groups in total. The lowest BCUT2D eigenvalue weighted by Gasteiger charge is -2.33. The van der Waals surface area contributed by atoms with Gasteiger partial charge >= 0.3 is 0 Å². The van der Waals surface area contributed by atoms with Crippen molar-refractivity contribution in [3.05, 3.63) is 0 Å². The fourth-order valence-electron chi connectivity index (χ4n) is 2.24. The van der Waals surface area contributed by atoms with Crippen LogP contribution >= 0.6 is 11.8 Å². The molecule has 3 unspecified atom stereocenters. The molecule has 4 heteroatoms. The Morgan fingerprint density at radius 1 is 1.59 bits per heavy atom. The first kappa shape index (κ1) is 14.8. The second kappa shape index (κ2) is 7.27. The molecule has 1 fully saturated rings. The van der Waals surface area contributed by atoms with Gasteiger partial charge in [-0.1, -0.05) is 6.92 Å². The van der Waals surface area contributed by atoms with Crippen molar-refractivity contribution in [1.82, 2.24) is 10.2 Å². The molecule has 1 rings (SSSR count). The van der Waals surface area contributed by atoms with Crippen LogP contribution in [0.2, 0.25) is 0 Å². The van der Waals surface area contributed by atoms with Crippen LogP contribution in [0.4, 0.5) is 0 Å². The van der Waals surface area contributed by atoms with E-state index in [4.69, 9.17) is 0 Å². The minimum absolute atomic E-state index is 0.0421. The van der Waals surface area contributed by atoms with Crippen LogP contribution in [-0.2, 0) is 4.79 Å². The van der Waals surface area contributed by atoms with Crippen LogP contribution in [0.3, 0.4) is 0 Å². The molecule has 0 radical (unpaired) electrons. The molecule has 0 spiro atoms. The smallest absolute Gasteiger partial charge is 0.239 e. The van der Waals surface area contributed by atoms with Gasteiger partial charge in [0.15, 0.2) is 0 Å². The van der Waals surface area contributed by atoms with Gasteiger partial charge in [-0.05, 0) is 50.7 Å². The van der Waals surface area contributed by atoms with E-state index in [-0.39, 0.29) is 11.9 Å². The lowest BCUT2D eigenvalue weighted by Crippen LogP contribution is -2.51. The Hall–Kier alpha value is -0.220. The number of rotatable bonds is 5. The SMILES string of the molecule is CSCCC(C)N(C)C(=O)C1CC(C)CCN1. The number of nitrogens with one attached hydrogen (secondary N) is 1. The first-order chi connectivity index (χ1) is 8.06. The Bertz CT molecular complexity index is 248. The van der Waals surface area contributed by atoms with Gasteiger partial charge in [0.25, 0.3) is 0 Å². The summed E-state index contributed by atoms with van der Waals surface area (Å²) in [4.78, 5) is 14.2. The summed E-state index contributed by atoms with van der Waals surface area (Å²) in [6.07, 6.45) is 5.36. The fourth-order valence-corrected chi connectivity index (χ4v) is 2.82. The number of thioether (sulfide) groups is 1. The zero-order chi connectivity index (χ0) is 12.8. The number of piperidine rings is 1. The lowest BCUT2D eigenvalue weighted by atomic mass is 9.93. The highest BCUT2D eigenvalue weighted by Crippen LogP contribution is 2.17. The molecular formula is C13H26N2OS. The van der Waals surface area contributed by atoms with E-state index in [1.807, 2.05) is 23.7 Å². The summed E-state index contributed by atoms with van der Waals surface area (Å²) in [6, 6.07) is 0.384. The summed E-state index contributed by atoms with van der Waals surface area (Å²) in [5.74, 6) is 2.05. The summed E-state index contributed by atoms with van der Waals surface area (Å²) in [5, 5.41) is 3.34. The highest BCUT2D eigenvalue weighted by atomic mass is 32.2. The zero-order valence-electron chi connectivity index (χ0n) is 11.5. The van der Waals surface area contributed by atoms with Crippen LogP contribution < -0.4 is 5.32 Å². The van der Waals surface area contributed by atoms with E-state index in [9.17, 15) is 4.79 Å². The summed E-state index contributed by atoms with van der Waals surface area (Å²) in [6.45, 7) is 5.35. The van der Waals surface area contributed by atoms with Gasteiger partial charge in [0.1, 0.15) is 0 Å². The first-order valence-corrected chi connectivity index (χ1v) is 7.94. The second-order valence-electron chi connectivity index (χ2n) is 5.22. The van der Waals surface area contributed by atoms with E-state index in [1.54, 1.807) is 0 Å². The van der Waals surface area contributed by atoms with E-state index < -0.39 is 0 Å². The summed E-state index contributed by atoms with van der Waals surface area (Å²) in [7, 11) is 1.94. The molecule has 17 heavy (non-hydrogen) atoms. The van der Waals surface area contributed by atoms with E-state index in [0.717, 1.165) is 25.1 Å². The highest BCUT2D eigenvalue weighted by Gasteiger charge is 2.28. The number of carbonyl (C=O) groups is 1. The largest absolute Gasteiger partial charge is 0.342 e. The minimum atomic E-state index is 0.0421. The molecule has 0 saturated carbocycles. The molecule has 0 aliphatic carbocycles. The quantitative estimate of drug-likeness (QED) is 0.818. The zero-order valence-corrected chi connectivity index (χ0v) is 12.3. The molecule has 0 bridgehead atoms. The van der Waals surface area contributed by atoms with E-state index in [0.29, 0.717) is 12.0 Å². The summed E-state index contributed by atoms with van der Waals surface area (Å²) < 4.78 is 0. The van der Waals surface area contributed by atoms with Crippen molar-refractivity contribution < 1.29 is 4.79 Å². The van der Waals surface area contributed by atoms with Gasteiger partial charge in [-0.2, -0.15) is 11.8 Å². The predicted octanol–water partition coefficient (Wildman–Crippen LogP) is 1.97. The molecule has 0 aromatic rings. The third kappa shape index (κ3) is 4.51. The Morgan fingerprint density at radius 3 is 2.88 bits per heavy atom. The maximum Gasteiger partial charge on any atom is 0.239 e. The van der Waals surface area contributed by atoms with Crippen LogP contribution in [0.1, 0.15) is 33.1 Å². The maximum absolute atomic E-state index is 12.3. The fraction of sp³-hybridized carbons (Fsp3) is 0.923. The molecule has 100 valence electrons. The van der Waals surface area contributed by atoms with Crippen molar-refractivity contribution in [1.29, 1.82) is 0 Å². The molecule has 0 aromatic carbocycles. The molecule has 0 aromatic heterocycles. The lowest BCUT2D eigenvalue weighted by molar-refractivity contribution is -0.134. The van der Waals surface area contributed by atoms with Gasteiger partial charge in [0, 0.05) is 13.1 Å². The number of amides is 1. The highest BCUT2D eigenvalue weighted by molar-refractivity contribution is 7.98. The monoisotopic (exact) mass is 258 g/mol. The van der Waals surface area contributed by atoms with Crippen LogP contribution in [0.5, 0.6) is 0 Å². The van der Waals surface area contributed by atoms with Gasteiger partial charge in [-0.3, -0.25) is 4.79 Å². The summed E-state index contributed by atoms with van der Waals surface area (Å²) in [5.41, 5.74) is 0. The van der Waals surface area contributed by atoms with Gasteiger partial charge < -0.3 is 10.2 Å². The molecule has 1 heterocycles. The van der Waals surface area contributed by atoms with Crippen molar-refractivity contribution in [2.75, 3.05) is 25.6 Å². The third-order valence-corrected chi connectivity index (χ3v) is 4.36. The number of hydrogen-bond donors (Lipinski definition) is 1. The topological polar surface area (TPSA) is 32.3 Å². The number of hydrogen-bond acceptors (Lipinski definition) is 3. The minimum Gasteiger partial charge on any atom is -0.342 e. The molecule has 3 atom stereocenters. The van der Waals surface area contributed by atoms with Gasteiger partial charge in [0.05, 0.1) is 6.04 Å². The van der Waals surface area contributed by atoms with Crippen molar-refractivity contribution in [3.8, 4) is 0 Å². The molecule has 1 amide bonds. The van der Waals surface area contributed by atoms with Crippen LogP contribution in [-0.4, -0.2) is 48.5 Å². The summed E-state index contributed by atoms with van der Waals surface area (Å²) >= 11 is 1.84. The Balaban J connectivity index is 2.44. The number of nitrogens with zero attached hydrogens (tertiary/aromatic N) is 1. The van der Waals surface area contributed by atoms with E-state index in [1.165, 1.54) is 6.42 Å². The van der Waals surface area contributed by atoms with Crippen LogP contribution in [0.15, 0.2) is 0 Å². The molecular weight excluding hydrogens is 232 g/mol. The van der Waals surface area contributed by atoms with Crippen molar-refractivity contribution >= 4 is 17.7 Å². The van der Waals surface area contributed by atoms with Crippen molar-refractivity contribution in [3.63, 3.8) is 0 Å². The molecule has 1 saturated heterocycles. The second-order valence-corrected chi connectivity index (χ2v) is 6.20. The van der Waals surface area contributed by atoms with Crippen molar-refractivity contribution in [2.45, 2.75) is 45.2 Å². The van der Waals surface area contributed by atoms with E-state index in [2.05, 4.69) is 25.4 Å². The van der Waals surface area contributed by atoms with E-state index >= 15 is 0 Å².